The molecular weight excluding hydrogens is 967 g/mol. The lowest BCUT2D eigenvalue weighted by atomic mass is 9.82. The Morgan fingerprint density at radius 1 is 1.03 bits per heavy atom. The van der Waals surface area contributed by atoms with E-state index < -0.39 is 46.3 Å². The molecule has 0 spiro atoms. The number of halogens is 2. The minimum absolute atomic E-state index is 0.0504. The number of amides is 4. The van der Waals surface area contributed by atoms with Gasteiger partial charge in [-0.1, -0.05) is 29.8 Å². The van der Waals surface area contributed by atoms with Crippen LogP contribution in [0, 0.1) is 25.7 Å². The molecule has 382 valence electrons. The Bertz CT molecular complexity index is 2580. The van der Waals surface area contributed by atoms with Crippen LogP contribution in [0.2, 0.25) is 5.02 Å². The second-order valence-electron chi connectivity index (χ2n) is 20.0. The number of hydrogen-bond donors (Lipinski definition) is 5. The van der Waals surface area contributed by atoms with Crippen LogP contribution in [0.4, 0.5) is 21.8 Å². The normalized spacial score (nSPS) is 21.6. The zero-order chi connectivity index (χ0) is 50.6. The summed E-state index contributed by atoms with van der Waals surface area (Å²) in [4.78, 5) is 75.1. The standard InChI is InChI=1S/C51H66ClFN10O6S2/c1-30-21-34(42-31(2)57-29-70-42)11-12-36(30)24-55-45(65)40-23-37(64)27-63(40)47(67)43(59-48(68)51(53)15-16-51)50(3,4)71-28-33-9-7-32(8-10-33)26-61-17-19-62(20-18-61)46(66)35-13-14-39(41(22-35)69-6)58-49-56-25-38(52)44(54-5)60-49/h11-14,21-22,25,29,32-33,37,40,43,64H,7-10,15-20,23-24,26-28H2,1-6H3,(H,55,65)(H,59,68)(H2,54,56,58,60)/t32?,33?,37-,40+,43?/m1/s1. The second kappa shape index (κ2) is 22.4. The average Bonchev–Trinajstić information content (AvgIpc) is 3.77. The summed E-state index contributed by atoms with van der Waals surface area (Å²) in [6.45, 7) is 11.7. The molecule has 2 aliphatic heterocycles. The maximum atomic E-state index is 15.2. The van der Waals surface area contributed by atoms with Gasteiger partial charge in [0, 0.05) is 69.6 Å². The number of nitrogens with one attached hydrogen (secondary N) is 4. The summed E-state index contributed by atoms with van der Waals surface area (Å²) in [7, 11) is 3.28. The van der Waals surface area contributed by atoms with Crippen molar-refractivity contribution in [2.24, 2.45) is 11.8 Å². The molecule has 3 atom stereocenters. The lowest BCUT2D eigenvalue weighted by molar-refractivity contribution is -0.143. The number of thiazole rings is 1. The van der Waals surface area contributed by atoms with Crippen molar-refractivity contribution in [3.8, 4) is 16.2 Å². The number of rotatable bonds is 18. The average molecular weight is 1030 g/mol. The molecule has 4 fully saturated rings. The predicted molar refractivity (Wildman–Crippen MR) is 277 cm³/mol. The van der Waals surface area contributed by atoms with Gasteiger partial charge in [0.2, 0.25) is 17.8 Å². The molecular formula is C51H66ClFN10O6S2. The summed E-state index contributed by atoms with van der Waals surface area (Å²) < 4.78 is 20.0. The van der Waals surface area contributed by atoms with Gasteiger partial charge in [-0.2, -0.15) is 16.7 Å². The quantitative estimate of drug-likeness (QED) is 0.0685. The van der Waals surface area contributed by atoms with Crippen LogP contribution in [0.3, 0.4) is 0 Å². The lowest BCUT2D eigenvalue weighted by Gasteiger charge is -2.40. The molecule has 0 bridgehead atoms. The zero-order valence-electron chi connectivity index (χ0n) is 41.4. The molecule has 0 radical (unpaired) electrons. The number of nitrogens with zero attached hydrogens (tertiary/aromatic N) is 6. The summed E-state index contributed by atoms with van der Waals surface area (Å²) in [5.74, 6) is 1.24. The van der Waals surface area contributed by atoms with Crippen molar-refractivity contribution in [3.63, 3.8) is 0 Å². The number of benzene rings is 2. The molecule has 1 unspecified atom stereocenters. The van der Waals surface area contributed by atoms with Crippen LogP contribution in [-0.2, 0) is 20.9 Å². The van der Waals surface area contributed by atoms with Crippen LogP contribution in [0.5, 0.6) is 5.75 Å². The van der Waals surface area contributed by atoms with Gasteiger partial charge in [-0.3, -0.25) is 24.1 Å². The molecule has 2 saturated carbocycles. The number of hydrogen-bond acceptors (Lipinski definition) is 14. The number of aliphatic hydroxyl groups is 1. The fraction of sp³-hybridized carbons (Fsp3) is 0.549. The number of anilines is 3. The number of likely N-dealkylation sites (tertiary alicyclic amines) is 1. The number of β-amino-alcohol motifs (C(OH)–C–C–N with tert-alkyl or cyclic N) is 1. The Morgan fingerprint density at radius 2 is 1.76 bits per heavy atom. The van der Waals surface area contributed by atoms with E-state index in [1.54, 1.807) is 55.5 Å². The summed E-state index contributed by atoms with van der Waals surface area (Å²) in [6.07, 6.45) is 5.00. The number of aryl methyl sites for hydroxylation is 2. The monoisotopic (exact) mass is 1030 g/mol. The highest BCUT2D eigenvalue weighted by Crippen LogP contribution is 2.42. The van der Waals surface area contributed by atoms with Crippen molar-refractivity contribution >= 4 is 75.8 Å². The second-order valence-corrected chi connectivity index (χ2v) is 22.9. The molecule has 5 N–H and O–H groups in total. The number of carbonyl (C=O) groups excluding carboxylic acids is 4. The Balaban J connectivity index is 0.814. The topological polar surface area (TPSA) is 194 Å². The fourth-order valence-electron chi connectivity index (χ4n) is 9.85. The number of thioether (sulfide) groups is 1. The molecule has 71 heavy (non-hydrogen) atoms. The van der Waals surface area contributed by atoms with E-state index in [0.717, 1.165) is 78.3 Å². The van der Waals surface area contributed by atoms with Gasteiger partial charge in [0.05, 0.1) is 41.2 Å². The van der Waals surface area contributed by atoms with Gasteiger partial charge in [0.25, 0.3) is 11.8 Å². The van der Waals surface area contributed by atoms with Crippen molar-refractivity contribution in [2.75, 3.05) is 69.8 Å². The van der Waals surface area contributed by atoms with Crippen LogP contribution in [0.1, 0.15) is 86.0 Å². The number of aliphatic hydroxyl groups excluding tert-OH is 1. The number of aromatic nitrogens is 3. The first-order valence-electron chi connectivity index (χ1n) is 24.5. The molecule has 20 heteroatoms. The summed E-state index contributed by atoms with van der Waals surface area (Å²) in [6, 6.07) is 9.28. The van der Waals surface area contributed by atoms with Crippen molar-refractivity contribution in [3.05, 3.63) is 75.5 Å². The number of carbonyl (C=O) groups is 4. The van der Waals surface area contributed by atoms with Gasteiger partial charge in [-0.15, -0.1) is 11.3 Å². The highest BCUT2D eigenvalue weighted by molar-refractivity contribution is 8.00. The number of ether oxygens (including phenoxy) is 1. The molecule has 16 nitrogen and oxygen atoms in total. The largest absolute Gasteiger partial charge is 0.495 e. The van der Waals surface area contributed by atoms with Gasteiger partial charge in [-0.05, 0) is 119 Å². The van der Waals surface area contributed by atoms with E-state index in [-0.39, 0.29) is 38.3 Å². The van der Waals surface area contributed by atoms with Crippen LogP contribution < -0.4 is 26.0 Å². The minimum Gasteiger partial charge on any atom is -0.495 e. The molecule has 4 aliphatic rings. The van der Waals surface area contributed by atoms with E-state index in [0.29, 0.717) is 58.7 Å². The molecule has 4 amide bonds. The van der Waals surface area contributed by atoms with E-state index in [1.807, 2.05) is 50.2 Å². The van der Waals surface area contributed by atoms with Crippen molar-refractivity contribution < 1.29 is 33.4 Å². The zero-order valence-corrected chi connectivity index (χ0v) is 43.7. The third-order valence-electron chi connectivity index (χ3n) is 14.5. The highest BCUT2D eigenvalue weighted by Gasteiger charge is 2.54. The minimum atomic E-state index is -2.00. The predicted octanol–water partition coefficient (Wildman–Crippen LogP) is 7.01. The smallest absolute Gasteiger partial charge is 0.258 e. The van der Waals surface area contributed by atoms with Crippen molar-refractivity contribution in [2.45, 2.75) is 108 Å². The third-order valence-corrected chi connectivity index (χ3v) is 17.4. The first-order chi connectivity index (χ1) is 33.9. The molecule has 2 aromatic heterocycles. The lowest BCUT2D eigenvalue weighted by Crippen LogP contribution is -2.61. The van der Waals surface area contributed by atoms with Crippen molar-refractivity contribution in [1.82, 2.24) is 40.3 Å². The summed E-state index contributed by atoms with van der Waals surface area (Å²) in [5, 5.41) is 23.1. The maximum Gasteiger partial charge on any atom is 0.258 e. The molecule has 4 aromatic rings. The molecule has 2 saturated heterocycles. The Hall–Kier alpha value is -5.08. The maximum absolute atomic E-state index is 15.2. The molecule has 4 heterocycles. The third kappa shape index (κ3) is 12.4. The van der Waals surface area contributed by atoms with Crippen LogP contribution >= 0.6 is 34.7 Å². The summed E-state index contributed by atoms with van der Waals surface area (Å²) >= 11 is 9.31. The van der Waals surface area contributed by atoms with E-state index >= 15 is 4.39 Å². The van der Waals surface area contributed by atoms with Crippen LogP contribution in [0.15, 0.2) is 48.1 Å². The Labute approximate surface area is 428 Å². The van der Waals surface area contributed by atoms with Gasteiger partial charge in [-0.25, -0.2) is 14.4 Å². The Kier molecular flexibility index (Phi) is 16.5. The first-order valence-corrected chi connectivity index (χ1v) is 26.8. The van der Waals surface area contributed by atoms with E-state index in [9.17, 15) is 24.3 Å². The molecule has 2 aromatic carbocycles. The highest BCUT2D eigenvalue weighted by atomic mass is 35.5. The van der Waals surface area contributed by atoms with Gasteiger partial charge in [0.15, 0.2) is 5.67 Å². The molecule has 2 aliphatic carbocycles. The SMILES string of the molecule is CNc1nc(Nc2ccc(C(=O)N3CCN(CC4CCC(CSC(C)(C)C(NC(=O)C5(F)CC5)C(=O)N5C[C@H](O)C[C@H]5C(=O)NCc5ccc(-c6scnc6C)cc5C)CC4)CC3)cc2OC)ncc1Cl. The van der Waals surface area contributed by atoms with E-state index in [1.165, 1.54) is 11.1 Å². The number of methoxy groups -OCH3 is 1. The number of piperazine rings is 1. The van der Waals surface area contributed by atoms with Crippen molar-refractivity contribution in [1.29, 1.82) is 0 Å². The first kappa shape index (κ1) is 52.2. The van der Waals surface area contributed by atoms with Crippen LogP contribution in [0.25, 0.3) is 10.4 Å². The fourth-order valence-corrected chi connectivity index (χ4v) is 12.2. The van der Waals surface area contributed by atoms with Gasteiger partial charge in [0.1, 0.15) is 28.7 Å². The van der Waals surface area contributed by atoms with Gasteiger partial charge < -0.3 is 40.9 Å². The number of alkyl halides is 1. The molecule has 8 rings (SSSR count). The van der Waals surface area contributed by atoms with E-state index in [4.69, 9.17) is 16.3 Å². The van der Waals surface area contributed by atoms with Crippen LogP contribution in [-0.4, -0.2) is 146 Å². The summed E-state index contributed by atoms with van der Waals surface area (Å²) in [5.41, 5.74) is 4.91. The van der Waals surface area contributed by atoms with E-state index in [2.05, 4.69) is 47.2 Å². The Morgan fingerprint density at radius 3 is 2.42 bits per heavy atom. The van der Waals surface area contributed by atoms with Gasteiger partial charge >= 0.3 is 0 Å².